The van der Waals surface area contributed by atoms with E-state index in [1.807, 2.05) is 0 Å². The number of halogens is 6. The molecule has 0 saturated carbocycles. The molecule has 0 aromatic carbocycles. The second-order valence-electron chi connectivity index (χ2n) is 3.32. The van der Waals surface area contributed by atoms with Gasteiger partial charge in [0.2, 0.25) is 0 Å². The zero-order chi connectivity index (χ0) is 27.0. The van der Waals surface area contributed by atoms with Crippen LogP contribution in [-0.2, 0) is 0 Å². The van der Waals surface area contributed by atoms with Gasteiger partial charge in [-0.05, 0) is 0 Å². The van der Waals surface area contributed by atoms with Gasteiger partial charge in [0.15, 0.2) is 0 Å². The van der Waals surface area contributed by atoms with E-state index in [2.05, 4.69) is 0 Å². The van der Waals surface area contributed by atoms with Crippen molar-refractivity contribution in [3.63, 3.8) is 0 Å². The second kappa shape index (κ2) is 21.1. The summed E-state index contributed by atoms with van der Waals surface area (Å²) < 4.78 is 63.0. The average molecular weight is 628 g/mol. The van der Waals surface area contributed by atoms with Crippen LogP contribution in [0.4, 0.5) is 24.6 Å². The molecule has 0 aromatic heterocycles. The average Bonchev–Trinajstić information content (AvgIpc) is 1.94. The first-order chi connectivity index (χ1) is 12.0. The van der Waals surface area contributed by atoms with E-state index >= 15 is 0 Å². The van der Waals surface area contributed by atoms with Gasteiger partial charge in [0.05, 0.1) is 0 Å². The molecular weight excluding hydrogens is 610 g/mol. The summed E-state index contributed by atoms with van der Waals surface area (Å²) in [6.45, 7) is 0. The maximum absolute atomic E-state index is 10.5. The van der Waals surface area contributed by atoms with Gasteiger partial charge in [-0.2, -0.15) is 0 Å². The Hall–Kier alpha value is 1.80. The standard InChI is InChI=1S/6FH3O3Si.K/c6*1-5(2,3)4;/h6*2-4H;. The summed E-state index contributed by atoms with van der Waals surface area (Å²) in [6, 6.07) is 0. The van der Waals surface area contributed by atoms with Crippen LogP contribution in [0.5, 0.6) is 0 Å². The molecule has 0 atom stereocenters. The summed E-state index contributed by atoms with van der Waals surface area (Å²) >= 11 is 0. The van der Waals surface area contributed by atoms with E-state index in [4.69, 9.17) is 86.3 Å². The molecule has 0 fully saturated rings. The van der Waals surface area contributed by atoms with Crippen molar-refractivity contribution in [3.05, 3.63) is 0 Å². The van der Waals surface area contributed by atoms with Gasteiger partial charge < -0.3 is 86.3 Å². The van der Waals surface area contributed by atoms with Gasteiger partial charge in [0, 0.05) is 51.4 Å². The fourth-order valence-electron chi connectivity index (χ4n) is 0. The molecular formula is H18F6KO18Si6. The summed E-state index contributed by atoms with van der Waals surface area (Å²) in [4.78, 5) is 128. The van der Waals surface area contributed by atoms with Crippen LogP contribution >= 0.6 is 0 Å². The molecule has 0 aliphatic rings. The van der Waals surface area contributed by atoms with Gasteiger partial charge >= 0.3 is 54.8 Å². The molecule has 1 radical (unpaired) electrons. The molecule has 0 aliphatic carbocycles. The molecule has 0 rings (SSSR count). The minimum Gasteiger partial charge on any atom is -0.365 e. The van der Waals surface area contributed by atoms with Crippen molar-refractivity contribution < 1.29 is 111 Å². The fourth-order valence-corrected chi connectivity index (χ4v) is 0. The van der Waals surface area contributed by atoms with E-state index in [9.17, 15) is 24.6 Å². The first kappa shape index (κ1) is 49.8. The normalized spacial score (nSPS) is 11.6. The van der Waals surface area contributed by atoms with E-state index < -0.39 is 54.8 Å². The van der Waals surface area contributed by atoms with Crippen LogP contribution < -0.4 is 0 Å². The largest absolute Gasteiger partial charge is 0.711 e. The smallest absolute Gasteiger partial charge is 0.365 e. The number of hydrogen-bond acceptors (Lipinski definition) is 18. The molecule has 0 bridgehead atoms. The number of rotatable bonds is 0. The van der Waals surface area contributed by atoms with Crippen molar-refractivity contribution in [2.75, 3.05) is 0 Å². The number of hydrogen-bond donors (Lipinski definition) is 18. The van der Waals surface area contributed by atoms with Crippen molar-refractivity contribution in [2.45, 2.75) is 0 Å². The Labute approximate surface area is 215 Å². The summed E-state index contributed by atoms with van der Waals surface area (Å²) in [5, 5.41) is 0. The Morgan fingerprint density at radius 1 is 0.226 bits per heavy atom. The van der Waals surface area contributed by atoms with Gasteiger partial charge in [-0.1, -0.05) is 0 Å². The van der Waals surface area contributed by atoms with E-state index in [1.54, 1.807) is 0 Å². The predicted octanol–water partition coefficient (Wildman–Crippen LogP) is -10.2. The van der Waals surface area contributed by atoms with Crippen molar-refractivity contribution >= 4 is 106 Å². The molecule has 193 valence electrons. The molecule has 0 aliphatic heterocycles. The van der Waals surface area contributed by atoms with Crippen molar-refractivity contribution in [1.29, 1.82) is 0 Å². The molecule has 0 saturated heterocycles. The zero-order valence-corrected chi connectivity index (χ0v) is 23.4. The molecule has 18 nitrogen and oxygen atoms in total. The van der Waals surface area contributed by atoms with Crippen LogP contribution in [-0.4, -0.2) is 193 Å². The monoisotopic (exact) mass is 627 g/mol. The molecule has 31 heteroatoms. The van der Waals surface area contributed by atoms with Crippen LogP contribution in [0, 0.1) is 0 Å². The minimum atomic E-state index is -5.11. The van der Waals surface area contributed by atoms with E-state index in [-0.39, 0.29) is 51.4 Å². The molecule has 0 spiro atoms. The Balaban J connectivity index is -0.0000000443. The minimum absolute atomic E-state index is 0. The fraction of sp³-hybridized carbons (Fsp3) is 0. The maximum Gasteiger partial charge on any atom is 0.711 e. The van der Waals surface area contributed by atoms with E-state index in [0.717, 1.165) is 0 Å². The Morgan fingerprint density at radius 2 is 0.226 bits per heavy atom. The Morgan fingerprint density at radius 3 is 0.226 bits per heavy atom. The predicted molar refractivity (Wildman–Crippen MR) is 86.9 cm³/mol. The van der Waals surface area contributed by atoms with Crippen molar-refractivity contribution in [1.82, 2.24) is 0 Å². The summed E-state index contributed by atoms with van der Waals surface area (Å²) in [7, 11) is -30.7. The van der Waals surface area contributed by atoms with Crippen LogP contribution in [0.2, 0.25) is 0 Å². The third-order valence-corrected chi connectivity index (χ3v) is 0. The first-order valence-corrected chi connectivity index (χ1v) is 15.5. The maximum atomic E-state index is 10.5. The summed E-state index contributed by atoms with van der Waals surface area (Å²) in [5.74, 6) is 0. The second-order valence-corrected chi connectivity index (χ2v) is 9.96. The van der Waals surface area contributed by atoms with Gasteiger partial charge in [-0.15, -0.1) is 0 Å². The molecule has 0 heterocycles. The molecule has 0 aromatic rings. The van der Waals surface area contributed by atoms with E-state index in [1.165, 1.54) is 0 Å². The SMILES string of the molecule is O[Si](O)(O)F.O[Si](O)(O)F.O[Si](O)(O)F.O[Si](O)(O)F.O[Si](O)(O)F.O[Si](O)(O)F.[K]. The zero-order valence-electron chi connectivity index (χ0n) is 14.3. The van der Waals surface area contributed by atoms with Crippen LogP contribution in [0.3, 0.4) is 0 Å². The van der Waals surface area contributed by atoms with Gasteiger partial charge in [-0.25, -0.2) is 24.6 Å². The Kier molecular flexibility index (Phi) is 33.9. The third-order valence-electron chi connectivity index (χ3n) is 0. The topological polar surface area (TPSA) is 364 Å². The quantitative estimate of drug-likeness (QED) is 0.0673. The van der Waals surface area contributed by atoms with Crippen LogP contribution in [0.15, 0.2) is 0 Å². The third kappa shape index (κ3) is 8740. The van der Waals surface area contributed by atoms with Gasteiger partial charge in [0.1, 0.15) is 0 Å². The summed E-state index contributed by atoms with van der Waals surface area (Å²) in [6.07, 6.45) is 0. The first-order valence-electron chi connectivity index (χ1n) is 5.16. The van der Waals surface area contributed by atoms with Gasteiger partial charge in [0.25, 0.3) is 0 Å². The van der Waals surface area contributed by atoms with Crippen LogP contribution in [0.1, 0.15) is 0 Å². The van der Waals surface area contributed by atoms with Crippen molar-refractivity contribution in [3.8, 4) is 0 Å². The van der Waals surface area contributed by atoms with Crippen molar-refractivity contribution in [2.24, 2.45) is 0 Å². The van der Waals surface area contributed by atoms with Gasteiger partial charge in [-0.3, -0.25) is 0 Å². The molecule has 0 amide bonds. The molecule has 31 heavy (non-hydrogen) atoms. The molecule has 0 unspecified atom stereocenters. The molecule has 18 N–H and O–H groups in total. The Bertz CT molecular complexity index is 234. The van der Waals surface area contributed by atoms with Crippen LogP contribution in [0.25, 0.3) is 0 Å². The van der Waals surface area contributed by atoms with E-state index in [0.29, 0.717) is 0 Å². The summed E-state index contributed by atoms with van der Waals surface area (Å²) in [5.41, 5.74) is 0.